The fourth-order valence-corrected chi connectivity index (χ4v) is 3.88. The van der Waals surface area contributed by atoms with E-state index in [0.29, 0.717) is 6.04 Å². The van der Waals surface area contributed by atoms with Gasteiger partial charge < -0.3 is 10.6 Å². The highest BCUT2D eigenvalue weighted by Gasteiger charge is 2.39. The maximum Gasteiger partial charge on any atom is 0.171 e. The molecule has 19 heavy (non-hydrogen) atoms. The molecule has 2 aliphatic rings. The van der Waals surface area contributed by atoms with Gasteiger partial charge in [-0.1, -0.05) is 24.1 Å². The molecule has 0 aromatic heterocycles. The van der Waals surface area contributed by atoms with Gasteiger partial charge in [0.15, 0.2) is 5.11 Å². The van der Waals surface area contributed by atoms with Crippen LogP contribution >= 0.6 is 23.8 Å². The summed E-state index contributed by atoms with van der Waals surface area (Å²) in [4.78, 5) is 0. The average molecular weight is 295 g/mol. The van der Waals surface area contributed by atoms with E-state index in [1.54, 1.807) is 0 Å². The fraction of sp³-hybridized carbons (Fsp3) is 0.533. The van der Waals surface area contributed by atoms with Crippen molar-refractivity contribution in [2.24, 2.45) is 11.8 Å². The molecule has 2 aliphatic carbocycles. The molecule has 1 aromatic carbocycles. The first-order valence-corrected chi connectivity index (χ1v) is 7.74. The van der Waals surface area contributed by atoms with Gasteiger partial charge in [0.05, 0.1) is 0 Å². The van der Waals surface area contributed by atoms with Crippen molar-refractivity contribution in [3.05, 3.63) is 28.8 Å². The number of fused-ring (bicyclic) bond motifs is 2. The fourth-order valence-electron chi connectivity index (χ4n) is 3.43. The third-order valence-corrected chi connectivity index (χ3v) is 5.11. The van der Waals surface area contributed by atoms with Crippen LogP contribution in [-0.4, -0.2) is 11.2 Å². The van der Waals surface area contributed by atoms with Crippen LogP contribution in [0.25, 0.3) is 0 Å². The molecule has 2 fully saturated rings. The molecule has 3 atom stereocenters. The standard InChI is InChI=1S/C15H19ClN2S/c1-9-2-5-12(8-13(9)16)17-15(19)18-14-7-10-3-4-11(14)6-10/h2,5,8,10-11,14H,3-4,6-7H2,1H3,(H2,17,18,19)/t10-,11-,14-/m1/s1. The van der Waals surface area contributed by atoms with Crippen molar-refractivity contribution in [3.8, 4) is 0 Å². The summed E-state index contributed by atoms with van der Waals surface area (Å²) in [5.74, 6) is 1.76. The molecule has 0 radical (unpaired) electrons. The van der Waals surface area contributed by atoms with Crippen LogP contribution in [0.4, 0.5) is 5.69 Å². The Morgan fingerprint density at radius 2 is 2.16 bits per heavy atom. The lowest BCUT2D eigenvalue weighted by atomic mass is 9.96. The smallest absolute Gasteiger partial charge is 0.171 e. The lowest BCUT2D eigenvalue weighted by molar-refractivity contribution is 0.392. The Morgan fingerprint density at radius 1 is 1.32 bits per heavy atom. The number of hydrogen-bond acceptors (Lipinski definition) is 1. The lowest BCUT2D eigenvalue weighted by Crippen LogP contribution is -2.40. The molecule has 0 saturated heterocycles. The molecule has 0 unspecified atom stereocenters. The van der Waals surface area contributed by atoms with Crippen molar-refractivity contribution in [1.82, 2.24) is 5.32 Å². The Morgan fingerprint density at radius 3 is 2.79 bits per heavy atom. The minimum atomic E-state index is 0.569. The van der Waals surface area contributed by atoms with Crippen LogP contribution in [0, 0.1) is 18.8 Å². The van der Waals surface area contributed by atoms with E-state index in [0.717, 1.165) is 33.2 Å². The molecule has 2 saturated carbocycles. The topological polar surface area (TPSA) is 24.1 Å². The quantitative estimate of drug-likeness (QED) is 0.802. The van der Waals surface area contributed by atoms with Gasteiger partial charge in [0.1, 0.15) is 0 Å². The molecular formula is C15H19ClN2S. The largest absolute Gasteiger partial charge is 0.359 e. The van der Waals surface area contributed by atoms with Crippen molar-refractivity contribution < 1.29 is 0 Å². The van der Waals surface area contributed by atoms with Gasteiger partial charge in [0.2, 0.25) is 0 Å². The van der Waals surface area contributed by atoms with Crippen LogP contribution in [0.5, 0.6) is 0 Å². The zero-order valence-electron chi connectivity index (χ0n) is 11.1. The number of halogens is 1. The van der Waals surface area contributed by atoms with Gasteiger partial charge in [-0.05, 0) is 67.9 Å². The SMILES string of the molecule is Cc1ccc(NC(=S)N[C@@H]2C[C@@H]3CC[C@@H]2C3)cc1Cl. The highest BCUT2D eigenvalue weighted by molar-refractivity contribution is 7.80. The Bertz CT molecular complexity index is 503. The zero-order chi connectivity index (χ0) is 13.4. The Hall–Kier alpha value is -0.800. The maximum atomic E-state index is 6.12. The second-order valence-electron chi connectivity index (χ2n) is 5.84. The summed E-state index contributed by atoms with van der Waals surface area (Å²) in [6.45, 7) is 2.00. The normalized spacial score (nSPS) is 28.4. The molecule has 1 aromatic rings. The van der Waals surface area contributed by atoms with Crippen LogP contribution in [0.15, 0.2) is 18.2 Å². The van der Waals surface area contributed by atoms with E-state index in [4.69, 9.17) is 23.8 Å². The number of anilines is 1. The number of rotatable bonds is 2. The molecule has 0 aliphatic heterocycles. The molecule has 0 spiro atoms. The second-order valence-corrected chi connectivity index (χ2v) is 6.66. The number of benzene rings is 1. The molecule has 2 N–H and O–H groups in total. The van der Waals surface area contributed by atoms with Gasteiger partial charge in [-0.15, -0.1) is 0 Å². The van der Waals surface area contributed by atoms with E-state index in [9.17, 15) is 0 Å². The first kappa shape index (κ1) is 13.2. The highest BCUT2D eigenvalue weighted by Crippen LogP contribution is 2.44. The summed E-state index contributed by atoms with van der Waals surface area (Å²) in [7, 11) is 0. The molecule has 0 amide bonds. The summed E-state index contributed by atoms with van der Waals surface area (Å²) in [5, 5.41) is 8.19. The zero-order valence-corrected chi connectivity index (χ0v) is 12.7. The van der Waals surface area contributed by atoms with E-state index >= 15 is 0 Å². The van der Waals surface area contributed by atoms with Crippen LogP contribution in [0.3, 0.4) is 0 Å². The summed E-state index contributed by atoms with van der Waals surface area (Å²) >= 11 is 11.5. The van der Waals surface area contributed by atoms with Crippen LogP contribution in [0.2, 0.25) is 5.02 Å². The minimum absolute atomic E-state index is 0.569. The van der Waals surface area contributed by atoms with Crippen molar-refractivity contribution in [3.63, 3.8) is 0 Å². The molecular weight excluding hydrogens is 276 g/mol. The Labute approximate surface area is 124 Å². The number of thiocarbonyl (C=S) groups is 1. The molecule has 3 rings (SSSR count). The second kappa shape index (κ2) is 5.29. The van der Waals surface area contributed by atoms with Gasteiger partial charge in [-0.2, -0.15) is 0 Å². The minimum Gasteiger partial charge on any atom is -0.359 e. The van der Waals surface area contributed by atoms with Gasteiger partial charge in [-0.25, -0.2) is 0 Å². The molecule has 4 heteroatoms. The molecule has 102 valence electrons. The third-order valence-electron chi connectivity index (χ3n) is 4.48. The Kier molecular flexibility index (Phi) is 3.68. The number of nitrogens with one attached hydrogen (secondary N) is 2. The number of hydrogen-bond donors (Lipinski definition) is 2. The highest BCUT2D eigenvalue weighted by atomic mass is 35.5. The van der Waals surface area contributed by atoms with Gasteiger partial charge in [0, 0.05) is 16.8 Å². The van der Waals surface area contributed by atoms with Crippen molar-refractivity contribution in [2.45, 2.75) is 38.6 Å². The van der Waals surface area contributed by atoms with Gasteiger partial charge >= 0.3 is 0 Å². The van der Waals surface area contributed by atoms with Gasteiger partial charge in [0.25, 0.3) is 0 Å². The summed E-state index contributed by atoms with van der Waals surface area (Å²) in [6, 6.07) is 6.51. The lowest BCUT2D eigenvalue weighted by Gasteiger charge is -2.24. The molecule has 2 bridgehead atoms. The van der Waals surface area contributed by atoms with E-state index in [-0.39, 0.29) is 0 Å². The maximum absolute atomic E-state index is 6.12. The predicted octanol–water partition coefficient (Wildman–Crippen LogP) is 4.12. The van der Waals surface area contributed by atoms with E-state index < -0.39 is 0 Å². The van der Waals surface area contributed by atoms with Crippen LogP contribution < -0.4 is 10.6 Å². The molecule has 2 nitrogen and oxygen atoms in total. The van der Waals surface area contributed by atoms with E-state index in [2.05, 4.69) is 10.6 Å². The predicted molar refractivity (Wildman–Crippen MR) is 84.8 cm³/mol. The van der Waals surface area contributed by atoms with Crippen LogP contribution in [0.1, 0.15) is 31.2 Å². The summed E-state index contributed by atoms with van der Waals surface area (Å²) in [5.41, 5.74) is 2.04. The van der Waals surface area contributed by atoms with E-state index in [1.165, 1.54) is 25.7 Å². The van der Waals surface area contributed by atoms with Crippen LogP contribution in [-0.2, 0) is 0 Å². The first-order chi connectivity index (χ1) is 9.11. The summed E-state index contributed by atoms with van der Waals surface area (Å²) in [6.07, 6.45) is 5.44. The number of aryl methyl sites for hydroxylation is 1. The van der Waals surface area contributed by atoms with E-state index in [1.807, 2.05) is 25.1 Å². The first-order valence-electron chi connectivity index (χ1n) is 6.95. The molecule has 0 heterocycles. The Balaban J connectivity index is 1.57. The van der Waals surface area contributed by atoms with Gasteiger partial charge in [-0.3, -0.25) is 0 Å². The third kappa shape index (κ3) is 2.87. The van der Waals surface area contributed by atoms with Crippen molar-refractivity contribution in [1.29, 1.82) is 0 Å². The average Bonchev–Trinajstić information content (AvgIpc) is 2.96. The van der Waals surface area contributed by atoms with Crippen molar-refractivity contribution in [2.75, 3.05) is 5.32 Å². The monoisotopic (exact) mass is 294 g/mol. The van der Waals surface area contributed by atoms with Crippen molar-refractivity contribution >= 4 is 34.6 Å². The summed E-state index contributed by atoms with van der Waals surface area (Å²) < 4.78 is 0.